The van der Waals surface area contributed by atoms with Gasteiger partial charge in [-0.3, -0.25) is 9.89 Å². The maximum absolute atomic E-state index is 12.8. The molecule has 2 aromatic heterocycles. The molecule has 0 radical (unpaired) electrons. The average molecular weight is 336 g/mol. The van der Waals surface area contributed by atoms with Gasteiger partial charge in [0.1, 0.15) is 0 Å². The maximum Gasteiger partial charge on any atom is 0.282 e. The van der Waals surface area contributed by atoms with Crippen molar-refractivity contribution in [3.8, 4) is 22.9 Å². The quantitative estimate of drug-likeness (QED) is 0.622. The van der Waals surface area contributed by atoms with Crippen molar-refractivity contribution in [3.05, 3.63) is 52.3 Å². The summed E-state index contributed by atoms with van der Waals surface area (Å²) >= 11 is 0. The number of aromatic amines is 1. The molecule has 0 spiro atoms. The number of ether oxygens (including phenoxy) is 2. The van der Waals surface area contributed by atoms with Gasteiger partial charge in [0.15, 0.2) is 17.3 Å². The van der Waals surface area contributed by atoms with Crippen molar-refractivity contribution >= 4 is 16.7 Å². The fraction of sp³-hybridized carbons (Fsp3) is 0.167. The molecular weight excluding hydrogens is 320 g/mol. The topological polar surface area (TPSA) is 81.5 Å². The summed E-state index contributed by atoms with van der Waals surface area (Å²) in [4.78, 5) is 21.7. The summed E-state index contributed by atoms with van der Waals surface area (Å²) in [6.07, 6.45) is 0. The van der Waals surface area contributed by atoms with E-state index in [0.717, 1.165) is 11.1 Å². The lowest BCUT2D eigenvalue weighted by Gasteiger charge is -2.08. The molecule has 7 nitrogen and oxygen atoms in total. The van der Waals surface area contributed by atoms with Gasteiger partial charge in [-0.2, -0.15) is 9.50 Å². The predicted molar refractivity (Wildman–Crippen MR) is 94.4 cm³/mol. The van der Waals surface area contributed by atoms with Gasteiger partial charge in [0.05, 0.1) is 25.1 Å². The van der Waals surface area contributed by atoms with E-state index in [1.54, 1.807) is 19.2 Å². The molecule has 0 unspecified atom stereocenters. The van der Waals surface area contributed by atoms with Crippen LogP contribution in [0.4, 0.5) is 0 Å². The molecule has 0 aliphatic rings. The molecule has 0 aliphatic carbocycles. The minimum absolute atomic E-state index is 0.244. The Labute approximate surface area is 142 Å². The molecular formula is C18H16N4O3. The lowest BCUT2D eigenvalue weighted by atomic mass is 10.1. The Bertz CT molecular complexity index is 1140. The summed E-state index contributed by atoms with van der Waals surface area (Å²) < 4.78 is 11.9. The average Bonchev–Trinajstić information content (AvgIpc) is 3.05. The monoisotopic (exact) mass is 336 g/mol. The first kappa shape index (κ1) is 15.2. The number of benzene rings is 2. The number of aromatic nitrogens is 4. The van der Waals surface area contributed by atoms with Gasteiger partial charge in [0.25, 0.3) is 11.3 Å². The van der Waals surface area contributed by atoms with Crippen LogP contribution in [0.3, 0.4) is 0 Å². The van der Waals surface area contributed by atoms with E-state index in [1.165, 1.54) is 11.6 Å². The van der Waals surface area contributed by atoms with Gasteiger partial charge in [0, 0.05) is 11.6 Å². The number of hydrogen-bond acceptors (Lipinski definition) is 5. The molecule has 25 heavy (non-hydrogen) atoms. The fourth-order valence-electron chi connectivity index (χ4n) is 2.75. The summed E-state index contributed by atoms with van der Waals surface area (Å²) in [5, 5.41) is 3.44. The second-order valence-corrected chi connectivity index (χ2v) is 5.71. The first-order valence-corrected chi connectivity index (χ1v) is 7.72. The second kappa shape index (κ2) is 5.62. The number of fused-ring (bicyclic) bond motifs is 2. The summed E-state index contributed by atoms with van der Waals surface area (Å²) in [5.41, 5.74) is 2.30. The molecule has 1 N–H and O–H groups in total. The Morgan fingerprint density at radius 3 is 2.36 bits per heavy atom. The SMILES string of the molecule is COc1cc2nc3nc(-c4ccc(C)cc4)[nH]n3c(=O)c2cc1OC. The van der Waals surface area contributed by atoms with Crippen molar-refractivity contribution in [2.24, 2.45) is 0 Å². The Balaban J connectivity index is 1.98. The highest BCUT2D eigenvalue weighted by Crippen LogP contribution is 2.30. The Morgan fingerprint density at radius 1 is 1.00 bits per heavy atom. The molecule has 4 rings (SSSR count). The Kier molecular flexibility index (Phi) is 3.42. The number of rotatable bonds is 3. The van der Waals surface area contributed by atoms with Crippen LogP contribution in [0.25, 0.3) is 28.1 Å². The zero-order chi connectivity index (χ0) is 17.6. The molecule has 0 saturated heterocycles. The minimum atomic E-state index is -0.244. The molecule has 0 aliphatic heterocycles. The van der Waals surface area contributed by atoms with E-state index in [2.05, 4.69) is 15.1 Å². The predicted octanol–water partition coefficient (Wildman–Crippen LogP) is 2.56. The van der Waals surface area contributed by atoms with Gasteiger partial charge in [-0.1, -0.05) is 29.8 Å². The second-order valence-electron chi connectivity index (χ2n) is 5.71. The summed E-state index contributed by atoms with van der Waals surface area (Å²) in [6.45, 7) is 2.02. The maximum atomic E-state index is 12.8. The number of methoxy groups -OCH3 is 2. The van der Waals surface area contributed by atoms with Crippen molar-refractivity contribution in [1.82, 2.24) is 19.6 Å². The van der Waals surface area contributed by atoms with Crippen LogP contribution in [-0.2, 0) is 0 Å². The molecule has 2 aromatic carbocycles. The van der Waals surface area contributed by atoms with Gasteiger partial charge >= 0.3 is 0 Å². The van der Waals surface area contributed by atoms with Crippen molar-refractivity contribution < 1.29 is 9.47 Å². The number of H-pyrrole nitrogens is 1. The molecule has 2 heterocycles. The van der Waals surface area contributed by atoms with Crippen molar-refractivity contribution in [2.75, 3.05) is 14.2 Å². The van der Waals surface area contributed by atoms with Crippen LogP contribution in [0.2, 0.25) is 0 Å². The van der Waals surface area contributed by atoms with Gasteiger partial charge in [-0.05, 0) is 13.0 Å². The number of hydrogen-bond donors (Lipinski definition) is 1. The van der Waals surface area contributed by atoms with E-state index in [-0.39, 0.29) is 5.56 Å². The highest BCUT2D eigenvalue weighted by atomic mass is 16.5. The molecule has 0 atom stereocenters. The zero-order valence-corrected chi connectivity index (χ0v) is 14.0. The van der Waals surface area contributed by atoms with Crippen LogP contribution in [-0.4, -0.2) is 33.8 Å². The Hall–Kier alpha value is -3.35. The van der Waals surface area contributed by atoms with E-state index >= 15 is 0 Å². The van der Waals surface area contributed by atoms with Crippen molar-refractivity contribution in [3.63, 3.8) is 0 Å². The van der Waals surface area contributed by atoms with Crippen LogP contribution in [0.1, 0.15) is 5.56 Å². The van der Waals surface area contributed by atoms with Gasteiger partial charge in [-0.25, -0.2) is 4.98 Å². The molecule has 0 bridgehead atoms. The number of aryl methyl sites for hydroxylation is 1. The standard InChI is InChI=1S/C18H16N4O3/c1-10-4-6-11(7-5-10)16-20-18-19-13-9-15(25-3)14(24-2)8-12(13)17(23)22(18)21-16/h4-9H,1-3H3,(H,19,20,21). The summed E-state index contributed by atoms with van der Waals surface area (Å²) in [6, 6.07) is 11.2. The van der Waals surface area contributed by atoms with Crippen LogP contribution >= 0.6 is 0 Å². The highest BCUT2D eigenvalue weighted by molar-refractivity contribution is 5.83. The van der Waals surface area contributed by atoms with E-state index in [1.807, 2.05) is 31.2 Å². The molecule has 0 saturated carbocycles. The zero-order valence-electron chi connectivity index (χ0n) is 14.0. The fourth-order valence-corrected chi connectivity index (χ4v) is 2.75. The van der Waals surface area contributed by atoms with E-state index in [9.17, 15) is 4.79 Å². The normalized spacial score (nSPS) is 11.2. The van der Waals surface area contributed by atoms with Crippen LogP contribution < -0.4 is 15.0 Å². The lowest BCUT2D eigenvalue weighted by molar-refractivity contribution is 0.355. The smallest absolute Gasteiger partial charge is 0.282 e. The largest absolute Gasteiger partial charge is 0.493 e. The molecule has 7 heteroatoms. The molecule has 0 fully saturated rings. The van der Waals surface area contributed by atoms with Crippen LogP contribution in [0, 0.1) is 6.92 Å². The molecule has 126 valence electrons. The first-order valence-electron chi connectivity index (χ1n) is 7.72. The van der Waals surface area contributed by atoms with Crippen molar-refractivity contribution in [1.29, 1.82) is 0 Å². The van der Waals surface area contributed by atoms with E-state index in [0.29, 0.717) is 34.0 Å². The number of nitrogens with one attached hydrogen (secondary N) is 1. The van der Waals surface area contributed by atoms with Gasteiger partial charge < -0.3 is 9.47 Å². The third-order valence-electron chi connectivity index (χ3n) is 4.11. The first-order chi connectivity index (χ1) is 12.1. The molecule has 0 amide bonds. The molecule has 4 aromatic rings. The number of nitrogens with zero attached hydrogens (tertiary/aromatic N) is 3. The van der Waals surface area contributed by atoms with E-state index < -0.39 is 0 Å². The Morgan fingerprint density at radius 2 is 1.68 bits per heavy atom. The van der Waals surface area contributed by atoms with E-state index in [4.69, 9.17) is 9.47 Å². The summed E-state index contributed by atoms with van der Waals surface area (Å²) in [5.74, 6) is 1.88. The van der Waals surface area contributed by atoms with Crippen LogP contribution in [0.5, 0.6) is 11.5 Å². The lowest BCUT2D eigenvalue weighted by Crippen LogP contribution is -2.15. The van der Waals surface area contributed by atoms with Gasteiger partial charge in [0.2, 0.25) is 0 Å². The van der Waals surface area contributed by atoms with Crippen molar-refractivity contribution in [2.45, 2.75) is 6.92 Å². The third kappa shape index (κ3) is 2.40. The third-order valence-corrected chi connectivity index (χ3v) is 4.11. The highest BCUT2D eigenvalue weighted by Gasteiger charge is 2.14. The summed E-state index contributed by atoms with van der Waals surface area (Å²) in [7, 11) is 3.07. The minimum Gasteiger partial charge on any atom is -0.493 e. The van der Waals surface area contributed by atoms with Crippen LogP contribution in [0.15, 0.2) is 41.2 Å². The van der Waals surface area contributed by atoms with Gasteiger partial charge in [-0.15, -0.1) is 0 Å².